The van der Waals surface area contributed by atoms with Crippen LogP contribution in [0.4, 0.5) is 11.4 Å². The van der Waals surface area contributed by atoms with Crippen LogP contribution in [0, 0.1) is 10.1 Å². The van der Waals surface area contributed by atoms with Crippen LogP contribution < -0.4 is 10.6 Å². The number of benzene rings is 2. The minimum atomic E-state index is -0.450. The molecule has 1 heterocycles. The first-order valence-electron chi connectivity index (χ1n) is 9.10. The lowest BCUT2D eigenvalue weighted by Crippen LogP contribution is -2.43. The van der Waals surface area contributed by atoms with E-state index in [4.69, 9.17) is 0 Å². The van der Waals surface area contributed by atoms with Crippen molar-refractivity contribution in [3.05, 3.63) is 69.8 Å². The number of nitrogens with zero attached hydrogens (tertiary/aromatic N) is 2. The Kier molecular flexibility index (Phi) is 6.03. The first-order valence-corrected chi connectivity index (χ1v) is 9.10. The van der Waals surface area contributed by atoms with Crippen LogP contribution >= 0.6 is 0 Å². The number of nitro groups is 1. The number of piperidine rings is 1. The molecular weight excluding hydrogens is 344 g/mol. The van der Waals surface area contributed by atoms with Crippen molar-refractivity contribution in [3.63, 3.8) is 0 Å². The summed E-state index contributed by atoms with van der Waals surface area (Å²) in [5.41, 5.74) is 1.69. The molecule has 0 atom stereocenters. The highest BCUT2D eigenvalue weighted by molar-refractivity contribution is 5.95. The summed E-state index contributed by atoms with van der Waals surface area (Å²) in [5, 5.41) is 17.9. The molecule has 27 heavy (non-hydrogen) atoms. The molecule has 0 saturated carbocycles. The molecule has 1 fully saturated rings. The van der Waals surface area contributed by atoms with Gasteiger partial charge in [-0.05, 0) is 43.6 Å². The summed E-state index contributed by atoms with van der Waals surface area (Å²) in [6, 6.07) is 14.5. The monoisotopic (exact) mass is 368 g/mol. The van der Waals surface area contributed by atoms with Crippen LogP contribution in [0.15, 0.2) is 48.5 Å². The molecule has 2 aromatic carbocycles. The van der Waals surface area contributed by atoms with Gasteiger partial charge in [0, 0.05) is 31.3 Å². The number of carbonyl (C=O) groups excluding carboxylic acids is 1. The van der Waals surface area contributed by atoms with E-state index in [1.165, 1.54) is 6.07 Å². The Morgan fingerprint density at radius 2 is 1.93 bits per heavy atom. The minimum Gasteiger partial charge on any atom is -0.375 e. The molecule has 1 amide bonds. The lowest BCUT2D eigenvalue weighted by molar-refractivity contribution is -0.384. The van der Waals surface area contributed by atoms with E-state index in [1.54, 1.807) is 24.1 Å². The van der Waals surface area contributed by atoms with E-state index in [0.29, 0.717) is 17.8 Å². The van der Waals surface area contributed by atoms with Crippen molar-refractivity contribution in [2.24, 2.45) is 0 Å². The van der Waals surface area contributed by atoms with Crippen LogP contribution in [0.2, 0.25) is 0 Å². The lowest BCUT2D eigenvalue weighted by Gasteiger charge is -2.31. The van der Waals surface area contributed by atoms with Crippen molar-refractivity contribution in [2.75, 3.05) is 25.5 Å². The van der Waals surface area contributed by atoms with Gasteiger partial charge in [-0.2, -0.15) is 0 Å². The maximum Gasteiger partial charge on any atom is 0.293 e. The first kappa shape index (κ1) is 18.8. The van der Waals surface area contributed by atoms with Gasteiger partial charge in [-0.25, -0.2) is 0 Å². The van der Waals surface area contributed by atoms with Crippen molar-refractivity contribution in [1.29, 1.82) is 0 Å². The fourth-order valence-electron chi connectivity index (χ4n) is 3.32. The molecule has 0 unspecified atom stereocenters. The molecule has 2 N–H and O–H groups in total. The summed E-state index contributed by atoms with van der Waals surface area (Å²) < 4.78 is 0. The average Bonchev–Trinajstić information content (AvgIpc) is 2.72. The van der Waals surface area contributed by atoms with Crippen molar-refractivity contribution in [3.8, 4) is 0 Å². The Hall–Kier alpha value is -2.93. The summed E-state index contributed by atoms with van der Waals surface area (Å²) in [6.45, 7) is 2.24. The van der Waals surface area contributed by atoms with Gasteiger partial charge >= 0.3 is 0 Å². The summed E-state index contributed by atoms with van der Waals surface area (Å²) in [7, 11) is 1.77. The van der Waals surface area contributed by atoms with Gasteiger partial charge in [0.05, 0.1) is 4.92 Å². The fraction of sp³-hybridized carbons (Fsp3) is 0.350. The van der Waals surface area contributed by atoms with Gasteiger partial charge in [0.1, 0.15) is 5.69 Å². The second-order valence-electron chi connectivity index (χ2n) is 6.73. The van der Waals surface area contributed by atoms with Crippen LogP contribution in [0.1, 0.15) is 28.8 Å². The summed E-state index contributed by atoms with van der Waals surface area (Å²) in [5.74, 6) is -0.181. The molecule has 0 aromatic heterocycles. The smallest absolute Gasteiger partial charge is 0.293 e. The van der Waals surface area contributed by atoms with Crippen LogP contribution in [0.25, 0.3) is 0 Å². The van der Waals surface area contributed by atoms with Gasteiger partial charge in [-0.15, -0.1) is 0 Å². The van der Waals surface area contributed by atoms with Crippen molar-refractivity contribution < 1.29 is 9.72 Å². The lowest BCUT2D eigenvalue weighted by atomic mass is 10.0. The largest absolute Gasteiger partial charge is 0.375 e. The second kappa shape index (κ2) is 8.64. The van der Waals surface area contributed by atoms with Gasteiger partial charge < -0.3 is 15.5 Å². The van der Waals surface area contributed by atoms with E-state index in [0.717, 1.165) is 31.5 Å². The number of carbonyl (C=O) groups is 1. The van der Waals surface area contributed by atoms with E-state index in [9.17, 15) is 14.9 Å². The zero-order chi connectivity index (χ0) is 19.2. The maximum atomic E-state index is 12.8. The molecule has 7 nitrogen and oxygen atoms in total. The zero-order valence-electron chi connectivity index (χ0n) is 15.4. The minimum absolute atomic E-state index is 0.0875. The maximum absolute atomic E-state index is 12.8. The summed E-state index contributed by atoms with van der Waals surface area (Å²) in [4.78, 5) is 25.5. The van der Waals surface area contributed by atoms with E-state index >= 15 is 0 Å². The van der Waals surface area contributed by atoms with Gasteiger partial charge in [-0.3, -0.25) is 14.9 Å². The Morgan fingerprint density at radius 3 is 2.59 bits per heavy atom. The molecule has 2 aromatic rings. The highest BCUT2D eigenvalue weighted by atomic mass is 16.6. The van der Waals surface area contributed by atoms with E-state index < -0.39 is 4.92 Å². The Labute approximate surface area is 158 Å². The topological polar surface area (TPSA) is 87.5 Å². The van der Waals surface area contributed by atoms with Crippen LogP contribution in [0.5, 0.6) is 0 Å². The molecule has 0 spiro atoms. The predicted octanol–water partition coefficient (Wildman–Crippen LogP) is 3.03. The molecule has 7 heteroatoms. The number of amides is 1. The number of anilines is 1. The van der Waals surface area contributed by atoms with Crippen molar-refractivity contribution >= 4 is 17.3 Å². The molecule has 0 radical (unpaired) electrons. The van der Waals surface area contributed by atoms with Crippen LogP contribution in [-0.4, -0.2) is 41.9 Å². The standard InChI is InChI=1S/C20H24N4O3/c1-23(17-9-11-21-12-10-17)20(25)16-7-8-18(19(13-16)24(26)27)22-14-15-5-3-2-4-6-15/h2-8,13,17,21-22H,9-12,14H2,1H3. The normalized spacial score (nSPS) is 14.6. The van der Waals surface area contributed by atoms with E-state index in [-0.39, 0.29) is 17.6 Å². The molecule has 1 aliphatic rings. The number of nitro benzene ring substituents is 1. The third kappa shape index (κ3) is 4.62. The molecule has 1 saturated heterocycles. The zero-order valence-corrected chi connectivity index (χ0v) is 15.4. The second-order valence-corrected chi connectivity index (χ2v) is 6.73. The molecule has 142 valence electrons. The molecule has 0 aliphatic carbocycles. The third-order valence-electron chi connectivity index (χ3n) is 4.94. The summed E-state index contributed by atoms with van der Waals surface area (Å²) >= 11 is 0. The van der Waals surface area contributed by atoms with Crippen molar-refractivity contribution in [2.45, 2.75) is 25.4 Å². The number of hydrogen-bond donors (Lipinski definition) is 2. The van der Waals surface area contributed by atoms with E-state index in [1.807, 2.05) is 30.3 Å². The van der Waals surface area contributed by atoms with Crippen molar-refractivity contribution in [1.82, 2.24) is 10.2 Å². The SMILES string of the molecule is CN(C(=O)c1ccc(NCc2ccccc2)c([N+](=O)[O-])c1)C1CCNCC1. The highest BCUT2D eigenvalue weighted by Crippen LogP contribution is 2.27. The fourth-order valence-corrected chi connectivity index (χ4v) is 3.32. The molecule has 0 bridgehead atoms. The van der Waals surface area contributed by atoms with Crippen LogP contribution in [0.3, 0.4) is 0 Å². The molecule has 1 aliphatic heterocycles. The Balaban J connectivity index is 1.76. The molecular formula is C20H24N4O3. The van der Waals surface area contributed by atoms with Gasteiger partial charge in [0.2, 0.25) is 0 Å². The van der Waals surface area contributed by atoms with E-state index in [2.05, 4.69) is 10.6 Å². The highest BCUT2D eigenvalue weighted by Gasteiger charge is 2.25. The Bertz CT molecular complexity index is 804. The quantitative estimate of drug-likeness (QED) is 0.604. The number of rotatable bonds is 6. The first-order chi connectivity index (χ1) is 13.1. The van der Waals surface area contributed by atoms with Gasteiger partial charge in [0.25, 0.3) is 11.6 Å². The predicted molar refractivity (Wildman–Crippen MR) is 105 cm³/mol. The number of nitrogens with one attached hydrogen (secondary N) is 2. The molecule has 3 rings (SSSR count). The van der Waals surface area contributed by atoms with Gasteiger partial charge in [-0.1, -0.05) is 30.3 Å². The Morgan fingerprint density at radius 1 is 1.22 bits per heavy atom. The average molecular weight is 368 g/mol. The number of hydrogen-bond acceptors (Lipinski definition) is 5. The summed E-state index contributed by atoms with van der Waals surface area (Å²) in [6.07, 6.45) is 1.78. The van der Waals surface area contributed by atoms with Crippen LogP contribution in [-0.2, 0) is 6.54 Å². The van der Waals surface area contributed by atoms with Gasteiger partial charge in [0.15, 0.2) is 0 Å². The third-order valence-corrected chi connectivity index (χ3v) is 4.94.